The number of fused-ring (bicyclic) bond motifs is 1. The number of nitrogens with zero attached hydrogens (tertiary/aromatic N) is 6. The molecule has 0 bridgehead atoms. The van der Waals surface area contributed by atoms with Crippen LogP contribution in [0.2, 0.25) is 51.4 Å². The van der Waals surface area contributed by atoms with Crippen molar-refractivity contribution in [1.29, 1.82) is 0 Å². The minimum atomic E-state index is -1.31. The van der Waals surface area contributed by atoms with Gasteiger partial charge in [-0.05, 0) is 64.8 Å². The normalized spacial score (nSPS) is 17.1. The molecule has 2 aliphatic rings. The molecule has 1 amide bonds. The summed E-state index contributed by atoms with van der Waals surface area (Å²) in [6.07, 6.45) is 10.9. The molecule has 1 atom stereocenters. The summed E-state index contributed by atoms with van der Waals surface area (Å²) in [6, 6.07) is 16.6. The number of amides is 1. The molecule has 2 aliphatic heterocycles. The van der Waals surface area contributed by atoms with Crippen LogP contribution in [0.5, 0.6) is 0 Å². The molecule has 1 aromatic carbocycles. The first-order chi connectivity index (χ1) is 26.5. The van der Waals surface area contributed by atoms with Crippen LogP contribution in [0.3, 0.4) is 0 Å². The molecule has 3 aromatic rings. The number of piperidine rings is 1. The molecule has 13 heteroatoms. The number of hydrogen-bond acceptors (Lipinski definition) is 9. The van der Waals surface area contributed by atoms with Gasteiger partial charge in [-0.2, -0.15) is 5.10 Å². The van der Waals surface area contributed by atoms with Gasteiger partial charge in [0.25, 0.3) is 0 Å². The van der Waals surface area contributed by atoms with E-state index in [-0.39, 0.29) is 12.0 Å². The molecule has 1 saturated heterocycles. The lowest BCUT2D eigenvalue weighted by atomic mass is 9.90. The van der Waals surface area contributed by atoms with Gasteiger partial charge < -0.3 is 28.7 Å². The van der Waals surface area contributed by atoms with Gasteiger partial charge in [0.05, 0.1) is 30.5 Å². The third kappa shape index (κ3) is 12.4. The molecule has 4 heterocycles. The van der Waals surface area contributed by atoms with E-state index in [1.165, 1.54) is 0 Å². The maximum atomic E-state index is 13.1. The number of ether oxygens (including phenoxy) is 4. The van der Waals surface area contributed by atoms with Crippen LogP contribution < -0.4 is 0 Å². The SMILES string of the molecule is CCO/C=C/N1C(C2CCN(C(=O)OC(C)(C)C)CC2)=Cc2c(-c3ccc(-c4ccccc4)nc3)cnn2C1N(COCC[Si](C)(C)C)COCC[Si](C)(C)C. The van der Waals surface area contributed by atoms with Crippen LogP contribution in [-0.4, -0.2) is 104 Å². The second-order valence-corrected chi connectivity index (χ2v) is 29.5. The summed E-state index contributed by atoms with van der Waals surface area (Å²) >= 11 is 0. The number of carbonyl (C=O) groups is 1. The van der Waals surface area contributed by atoms with Crippen molar-refractivity contribution in [2.75, 3.05) is 46.4 Å². The second-order valence-electron chi connectivity index (χ2n) is 18.3. The highest BCUT2D eigenvalue weighted by atomic mass is 28.3. The van der Waals surface area contributed by atoms with Crippen molar-refractivity contribution in [3.8, 4) is 22.4 Å². The molecule has 306 valence electrons. The standard InChI is InChI=1S/C43H66N6O5Si2/c1-11-51-24-23-48-39(35-19-21-46(22-20-35)42(50)54-43(2,3)4)29-40-37(36-17-18-38(44-30-36)34-15-13-12-14-16-34)31-45-49(40)41(48)47(32-52-25-27-55(5,6)7)33-53-26-28-56(8,9)10/h12-18,23-24,29-31,35,41H,11,19-22,25-28,32-33H2,1-10H3/b24-23+. The fraction of sp³-hybridized carbons (Fsp3) is 0.558. The summed E-state index contributed by atoms with van der Waals surface area (Å²) in [6.45, 7) is 25.8. The quantitative estimate of drug-likeness (QED) is 0.0572. The predicted octanol–water partition coefficient (Wildman–Crippen LogP) is 9.81. The Kier molecular flexibility index (Phi) is 14.8. The summed E-state index contributed by atoms with van der Waals surface area (Å²) in [4.78, 5) is 24.3. The fourth-order valence-electron chi connectivity index (χ4n) is 6.72. The number of rotatable bonds is 17. The smallest absolute Gasteiger partial charge is 0.410 e. The van der Waals surface area contributed by atoms with Crippen molar-refractivity contribution in [2.24, 2.45) is 5.92 Å². The number of pyridine rings is 1. The van der Waals surface area contributed by atoms with E-state index in [2.05, 4.69) is 84.1 Å². The van der Waals surface area contributed by atoms with E-state index >= 15 is 0 Å². The molecule has 0 radical (unpaired) electrons. The molecule has 11 nitrogen and oxygen atoms in total. The van der Waals surface area contributed by atoms with Gasteiger partial charge in [0, 0.05) is 83.2 Å². The Morgan fingerprint density at radius 2 is 1.54 bits per heavy atom. The van der Waals surface area contributed by atoms with Crippen molar-refractivity contribution in [3.05, 3.63) is 78.7 Å². The Balaban J connectivity index is 1.55. The number of carbonyl (C=O) groups excluding carboxylic acids is 1. The summed E-state index contributed by atoms with van der Waals surface area (Å²) < 4.78 is 26.7. The lowest BCUT2D eigenvalue weighted by Gasteiger charge is -2.45. The highest BCUT2D eigenvalue weighted by Gasteiger charge is 2.39. The Morgan fingerprint density at radius 3 is 2.09 bits per heavy atom. The summed E-state index contributed by atoms with van der Waals surface area (Å²) in [5.41, 5.74) is 5.56. The lowest BCUT2D eigenvalue weighted by Crippen LogP contribution is -2.49. The van der Waals surface area contributed by atoms with Crippen LogP contribution in [0.1, 0.15) is 52.5 Å². The van der Waals surface area contributed by atoms with Crippen LogP contribution in [0, 0.1) is 5.92 Å². The van der Waals surface area contributed by atoms with Crippen LogP contribution in [0.15, 0.2) is 73.0 Å². The number of likely N-dealkylation sites (tertiary alicyclic amines) is 1. The van der Waals surface area contributed by atoms with Gasteiger partial charge in [-0.3, -0.25) is 4.98 Å². The molecule has 0 spiro atoms. The van der Waals surface area contributed by atoms with Gasteiger partial charge in [0.1, 0.15) is 19.1 Å². The molecule has 2 aromatic heterocycles. The van der Waals surface area contributed by atoms with Crippen LogP contribution in [-0.2, 0) is 18.9 Å². The van der Waals surface area contributed by atoms with E-state index in [0.29, 0.717) is 46.4 Å². The number of hydrogen-bond donors (Lipinski definition) is 0. The maximum absolute atomic E-state index is 13.1. The molecular formula is C43H66N6O5Si2. The van der Waals surface area contributed by atoms with E-state index in [1.54, 1.807) is 6.26 Å². The van der Waals surface area contributed by atoms with Gasteiger partial charge in [-0.25, -0.2) is 14.4 Å². The number of allylic oxidation sites excluding steroid dienone is 1. The number of benzene rings is 1. The highest BCUT2D eigenvalue weighted by Crippen LogP contribution is 2.41. The van der Waals surface area contributed by atoms with E-state index in [1.807, 2.05) is 69.4 Å². The summed E-state index contributed by atoms with van der Waals surface area (Å²) in [5.74, 6) is 0.153. The molecular weight excluding hydrogens is 737 g/mol. The highest BCUT2D eigenvalue weighted by molar-refractivity contribution is 6.76. The molecule has 0 saturated carbocycles. The van der Waals surface area contributed by atoms with Crippen molar-refractivity contribution in [1.82, 2.24) is 29.5 Å². The third-order valence-electron chi connectivity index (χ3n) is 9.91. The average Bonchev–Trinajstić information content (AvgIpc) is 3.57. The average molecular weight is 803 g/mol. The largest absolute Gasteiger partial charge is 0.500 e. The minimum Gasteiger partial charge on any atom is -0.500 e. The Hall–Kier alpha value is -3.76. The zero-order valence-corrected chi connectivity index (χ0v) is 37.6. The van der Waals surface area contributed by atoms with Crippen molar-refractivity contribution in [2.45, 2.75) is 104 Å². The fourth-order valence-corrected chi connectivity index (χ4v) is 8.24. The lowest BCUT2D eigenvalue weighted by molar-refractivity contribution is -0.118. The van der Waals surface area contributed by atoms with E-state index in [9.17, 15) is 4.79 Å². The molecule has 5 rings (SSSR count). The molecule has 0 N–H and O–H groups in total. The third-order valence-corrected chi connectivity index (χ3v) is 13.3. The Labute approximate surface area is 337 Å². The molecule has 1 unspecified atom stereocenters. The Bertz CT molecular complexity index is 1730. The van der Waals surface area contributed by atoms with Gasteiger partial charge in [0.2, 0.25) is 0 Å². The second kappa shape index (κ2) is 19.1. The van der Waals surface area contributed by atoms with Gasteiger partial charge in [-0.15, -0.1) is 0 Å². The van der Waals surface area contributed by atoms with Crippen molar-refractivity contribution in [3.63, 3.8) is 0 Å². The van der Waals surface area contributed by atoms with Crippen molar-refractivity contribution >= 4 is 28.3 Å². The molecule has 1 fully saturated rings. The minimum absolute atomic E-state index is 0.153. The van der Waals surface area contributed by atoms with Crippen molar-refractivity contribution < 1.29 is 23.7 Å². The molecule has 56 heavy (non-hydrogen) atoms. The van der Waals surface area contributed by atoms with Gasteiger partial charge >= 0.3 is 6.09 Å². The van der Waals surface area contributed by atoms with Gasteiger partial charge in [0.15, 0.2) is 6.29 Å². The maximum Gasteiger partial charge on any atom is 0.410 e. The predicted molar refractivity (Wildman–Crippen MR) is 231 cm³/mol. The zero-order valence-electron chi connectivity index (χ0n) is 35.6. The van der Waals surface area contributed by atoms with E-state index in [0.717, 1.165) is 58.7 Å². The zero-order chi connectivity index (χ0) is 40.5. The topological polar surface area (TPSA) is 94.4 Å². The van der Waals surface area contributed by atoms with Gasteiger partial charge in [-0.1, -0.05) is 75.7 Å². The van der Waals surface area contributed by atoms with E-state index in [4.69, 9.17) is 29.0 Å². The summed E-state index contributed by atoms with van der Waals surface area (Å²) in [5, 5.41) is 5.10. The first-order valence-electron chi connectivity index (χ1n) is 20.3. The monoisotopic (exact) mass is 802 g/mol. The first-order valence-corrected chi connectivity index (χ1v) is 27.7. The Morgan fingerprint density at radius 1 is 0.893 bits per heavy atom. The first kappa shape index (κ1) is 43.4. The van der Waals surface area contributed by atoms with E-state index < -0.39 is 28.0 Å². The number of aromatic nitrogens is 3. The van der Waals surface area contributed by atoms with Crippen LogP contribution in [0.25, 0.3) is 28.5 Å². The summed E-state index contributed by atoms with van der Waals surface area (Å²) in [7, 11) is -2.63. The van der Waals surface area contributed by atoms with Crippen LogP contribution >= 0.6 is 0 Å². The molecule has 0 aliphatic carbocycles. The van der Waals surface area contributed by atoms with Crippen LogP contribution in [0.4, 0.5) is 4.79 Å².